The van der Waals surface area contributed by atoms with Crippen molar-refractivity contribution in [3.8, 4) is 0 Å². The van der Waals surface area contributed by atoms with Gasteiger partial charge in [0.2, 0.25) is 0 Å². The Labute approximate surface area is 112 Å². The molecule has 18 heavy (non-hydrogen) atoms. The lowest BCUT2D eigenvalue weighted by atomic mass is 10.1. The van der Waals surface area contributed by atoms with Gasteiger partial charge in [-0.1, -0.05) is 41.1 Å². The molecule has 1 aromatic rings. The first-order chi connectivity index (χ1) is 8.33. The van der Waals surface area contributed by atoms with Crippen LogP contribution in [0.5, 0.6) is 0 Å². The molecule has 0 aliphatic rings. The van der Waals surface area contributed by atoms with Crippen LogP contribution in [-0.2, 0) is 0 Å². The summed E-state index contributed by atoms with van der Waals surface area (Å²) in [5.41, 5.74) is 0.401. The van der Waals surface area contributed by atoms with Gasteiger partial charge in [0.1, 0.15) is 0 Å². The van der Waals surface area contributed by atoms with Gasteiger partial charge in [0.25, 0.3) is 0 Å². The molecule has 0 aromatic heterocycles. The number of nitrogens with zero attached hydrogens (tertiary/aromatic N) is 1. The summed E-state index contributed by atoms with van der Waals surface area (Å²) in [6.07, 6.45) is -4.29. The number of rotatable bonds is 5. The van der Waals surface area contributed by atoms with Crippen molar-refractivity contribution in [2.75, 3.05) is 19.6 Å². The van der Waals surface area contributed by atoms with Crippen LogP contribution in [0.2, 0.25) is 0 Å². The summed E-state index contributed by atoms with van der Waals surface area (Å²) in [6, 6.07) is 6.70. The lowest BCUT2D eigenvalue weighted by Gasteiger charge is -2.21. The third-order valence-electron chi connectivity index (χ3n) is 2.39. The first kappa shape index (κ1) is 15.2. The zero-order chi connectivity index (χ0) is 13.8. The number of benzene rings is 1. The standard InChI is InChI=1S/C12H13BrF3NO/c1-2-17(8-12(14,15)16)7-11(18)9-5-3-4-6-10(9)13/h3-6H,2,7-8H2,1H3. The van der Waals surface area contributed by atoms with Crippen molar-refractivity contribution < 1.29 is 18.0 Å². The Bertz CT molecular complexity index is 420. The number of Topliss-reactive ketones (excluding diaryl/α,β-unsaturated/α-hetero) is 1. The molecule has 0 N–H and O–H groups in total. The minimum atomic E-state index is -4.29. The number of carbonyl (C=O) groups is 1. The third kappa shape index (κ3) is 4.78. The highest BCUT2D eigenvalue weighted by Gasteiger charge is 2.31. The molecule has 0 spiro atoms. The molecular weight excluding hydrogens is 311 g/mol. The van der Waals surface area contributed by atoms with Gasteiger partial charge in [-0.05, 0) is 12.6 Å². The van der Waals surface area contributed by atoms with Crippen molar-refractivity contribution in [1.82, 2.24) is 4.90 Å². The molecule has 0 aliphatic heterocycles. The van der Waals surface area contributed by atoms with Crippen LogP contribution in [0.4, 0.5) is 13.2 Å². The van der Waals surface area contributed by atoms with E-state index in [2.05, 4.69) is 15.9 Å². The molecule has 0 amide bonds. The van der Waals surface area contributed by atoms with E-state index >= 15 is 0 Å². The van der Waals surface area contributed by atoms with Crippen molar-refractivity contribution in [1.29, 1.82) is 0 Å². The van der Waals surface area contributed by atoms with Crippen molar-refractivity contribution in [3.63, 3.8) is 0 Å². The molecule has 2 nitrogen and oxygen atoms in total. The lowest BCUT2D eigenvalue weighted by molar-refractivity contribution is -0.144. The van der Waals surface area contributed by atoms with Gasteiger partial charge in [-0.15, -0.1) is 0 Å². The normalized spacial score (nSPS) is 11.9. The first-order valence-corrected chi connectivity index (χ1v) is 6.19. The summed E-state index contributed by atoms with van der Waals surface area (Å²) in [6.45, 7) is 0.465. The van der Waals surface area contributed by atoms with Crippen molar-refractivity contribution in [2.24, 2.45) is 0 Å². The van der Waals surface area contributed by atoms with Crippen LogP contribution >= 0.6 is 15.9 Å². The number of carbonyl (C=O) groups excluding carboxylic acids is 1. The second-order valence-corrected chi connectivity index (χ2v) is 4.68. The number of hydrogen-bond donors (Lipinski definition) is 0. The van der Waals surface area contributed by atoms with E-state index < -0.39 is 12.7 Å². The zero-order valence-corrected chi connectivity index (χ0v) is 11.4. The summed E-state index contributed by atoms with van der Waals surface area (Å²) in [7, 11) is 0. The SMILES string of the molecule is CCN(CC(=O)c1ccccc1Br)CC(F)(F)F. The maximum absolute atomic E-state index is 12.3. The summed E-state index contributed by atoms with van der Waals surface area (Å²) in [5.74, 6) is -0.325. The highest BCUT2D eigenvalue weighted by molar-refractivity contribution is 9.10. The van der Waals surface area contributed by atoms with Gasteiger partial charge in [0.15, 0.2) is 5.78 Å². The number of halogens is 4. The summed E-state index contributed by atoms with van der Waals surface area (Å²) < 4.78 is 37.4. The van der Waals surface area contributed by atoms with E-state index in [-0.39, 0.29) is 18.9 Å². The Morgan fingerprint density at radius 1 is 1.33 bits per heavy atom. The fourth-order valence-electron chi connectivity index (χ4n) is 1.51. The molecule has 1 aromatic carbocycles. The van der Waals surface area contributed by atoms with Crippen LogP contribution in [0.1, 0.15) is 17.3 Å². The fourth-order valence-corrected chi connectivity index (χ4v) is 2.01. The summed E-state index contributed by atoms with van der Waals surface area (Å²) in [4.78, 5) is 13.0. The molecule has 0 atom stereocenters. The Kier molecular flexibility index (Phi) is 5.34. The maximum atomic E-state index is 12.3. The quantitative estimate of drug-likeness (QED) is 0.773. The monoisotopic (exact) mass is 323 g/mol. The average Bonchev–Trinajstić information content (AvgIpc) is 2.26. The molecule has 0 bridgehead atoms. The summed E-state index contributed by atoms with van der Waals surface area (Å²) >= 11 is 3.21. The molecule has 0 saturated carbocycles. The number of ketones is 1. The van der Waals surface area contributed by atoms with Crippen LogP contribution in [0.15, 0.2) is 28.7 Å². The zero-order valence-electron chi connectivity index (χ0n) is 9.80. The topological polar surface area (TPSA) is 20.3 Å². The van der Waals surface area contributed by atoms with E-state index in [1.165, 1.54) is 0 Å². The Morgan fingerprint density at radius 3 is 2.44 bits per heavy atom. The van der Waals surface area contributed by atoms with Gasteiger partial charge in [-0.25, -0.2) is 0 Å². The van der Waals surface area contributed by atoms with E-state index in [4.69, 9.17) is 0 Å². The number of alkyl halides is 3. The molecule has 6 heteroatoms. The van der Waals surface area contributed by atoms with Crippen molar-refractivity contribution in [2.45, 2.75) is 13.1 Å². The molecule has 0 saturated heterocycles. The largest absolute Gasteiger partial charge is 0.401 e. The van der Waals surface area contributed by atoms with E-state index in [1.54, 1.807) is 31.2 Å². The van der Waals surface area contributed by atoms with Crippen LogP contribution in [-0.4, -0.2) is 36.5 Å². The van der Waals surface area contributed by atoms with Crippen LogP contribution < -0.4 is 0 Å². The van der Waals surface area contributed by atoms with E-state index in [1.807, 2.05) is 0 Å². The minimum Gasteiger partial charge on any atom is -0.293 e. The van der Waals surface area contributed by atoms with Gasteiger partial charge in [0.05, 0.1) is 13.1 Å². The molecule has 0 unspecified atom stereocenters. The highest BCUT2D eigenvalue weighted by atomic mass is 79.9. The van der Waals surface area contributed by atoms with Gasteiger partial charge >= 0.3 is 6.18 Å². The van der Waals surface area contributed by atoms with E-state index in [0.717, 1.165) is 4.90 Å². The second-order valence-electron chi connectivity index (χ2n) is 3.82. The Morgan fingerprint density at radius 2 is 1.94 bits per heavy atom. The second kappa shape index (κ2) is 6.33. The fraction of sp³-hybridized carbons (Fsp3) is 0.417. The third-order valence-corrected chi connectivity index (χ3v) is 3.08. The smallest absolute Gasteiger partial charge is 0.293 e. The number of hydrogen-bond acceptors (Lipinski definition) is 2. The molecule has 0 heterocycles. The van der Waals surface area contributed by atoms with Crippen molar-refractivity contribution in [3.05, 3.63) is 34.3 Å². The Balaban J connectivity index is 2.71. The molecule has 0 aliphatic carbocycles. The van der Waals surface area contributed by atoms with Crippen LogP contribution in [0, 0.1) is 0 Å². The maximum Gasteiger partial charge on any atom is 0.401 e. The van der Waals surface area contributed by atoms with Crippen molar-refractivity contribution >= 4 is 21.7 Å². The summed E-state index contributed by atoms with van der Waals surface area (Å²) in [5, 5.41) is 0. The van der Waals surface area contributed by atoms with Crippen LogP contribution in [0.25, 0.3) is 0 Å². The molecule has 0 radical (unpaired) electrons. The average molecular weight is 324 g/mol. The molecule has 0 fully saturated rings. The predicted molar refractivity (Wildman–Crippen MR) is 66.6 cm³/mol. The van der Waals surface area contributed by atoms with Gasteiger partial charge < -0.3 is 0 Å². The van der Waals surface area contributed by atoms with Crippen LogP contribution in [0.3, 0.4) is 0 Å². The molecule has 1 rings (SSSR count). The van der Waals surface area contributed by atoms with Gasteiger partial charge in [-0.2, -0.15) is 13.2 Å². The van der Waals surface area contributed by atoms with Gasteiger partial charge in [0, 0.05) is 10.0 Å². The first-order valence-electron chi connectivity index (χ1n) is 5.40. The van der Waals surface area contributed by atoms with E-state index in [9.17, 15) is 18.0 Å². The molecular formula is C12H13BrF3NO. The predicted octanol–water partition coefficient (Wildman–Crippen LogP) is 3.52. The van der Waals surface area contributed by atoms with Gasteiger partial charge in [-0.3, -0.25) is 9.69 Å². The Hall–Kier alpha value is -0.880. The highest BCUT2D eigenvalue weighted by Crippen LogP contribution is 2.19. The lowest BCUT2D eigenvalue weighted by Crippen LogP contribution is -2.37. The number of likely N-dealkylation sites (N-methyl/N-ethyl adjacent to an activating group) is 1. The minimum absolute atomic E-state index is 0.176. The van der Waals surface area contributed by atoms with E-state index in [0.29, 0.717) is 10.0 Å². The molecule has 100 valence electrons.